The van der Waals surface area contributed by atoms with Crippen LogP contribution < -0.4 is 10.5 Å². The number of rotatable bonds is 4. The van der Waals surface area contributed by atoms with Gasteiger partial charge in [0.2, 0.25) is 10.0 Å². The lowest BCUT2D eigenvalue weighted by Crippen LogP contribution is -2.24. The number of furan rings is 1. The molecule has 0 fully saturated rings. The summed E-state index contributed by atoms with van der Waals surface area (Å²) in [6, 6.07) is 5.71. The van der Waals surface area contributed by atoms with Crippen molar-refractivity contribution < 1.29 is 17.2 Å². The first kappa shape index (κ1) is 13.6. The monoisotopic (exact) mass is 284 g/mol. The molecule has 0 radical (unpaired) electrons. The first-order chi connectivity index (χ1) is 8.90. The molecule has 0 bridgehead atoms. The summed E-state index contributed by atoms with van der Waals surface area (Å²) in [7, 11) is -3.98. The summed E-state index contributed by atoms with van der Waals surface area (Å²) >= 11 is 0. The number of benzene rings is 1. The van der Waals surface area contributed by atoms with Gasteiger partial charge in [-0.1, -0.05) is 0 Å². The Hall–Kier alpha value is -1.86. The number of hydrogen-bond acceptors (Lipinski definition) is 4. The topological polar surface area (TPSA) is 85.3 Å². The molecule has 1 aromatic heterocycles. The molecule has 0 saturated carbocycles. The molecular weight excluding hydrogens is 271 g/mol. The van der Waals surface area contributed by atoms with Gasteiger partial charge in [0.15, 0.2) is 0 Å². The van der Waals surface area contributed by atoms with Crippen LogP contribution in [-0.4, -0.2) is 8.42 Å². The molecule has 1 heterocycles. The maximum atomic E-state index is 13.8. The van der Waals surface area contributed by atoms with Gasteiger partial charge in [-0.2, -0.15) is 0 Å². The van der Waals surface area contributed by atoms with Crippen LogP contribution in [0.2, 0.25) is 0 Å². The summed E-state index contributed by atoms with van der Waals surface area (Å²) in [5, 5.41) is 0. The quantitative estimate of drug-likeness (QED) is 0.838. The Balaban J connectivity index is 2.29. The maximum Gasteiger partial charge on any atom is 0.243 e. The lowest BCUT2D eigenvalue weighted by molar-refractivity contribution is 0.496. The minimum Gasteiger partial charge on any atom is -0.468 e. The van der Waals surface area contributed by atoms with Gasteiger partial charge < -0.3 is 10.2 Å². The Morgan fingerprint density at radius 2 is 2.16 bits per heavy atom. The Kier molecular flexibility index (Phi) is 3.59. The number of halogens is 1. The zero-order valence-electron chi connectivity index (χ0n) is 10.2. The predicted molar refractivity (Wildman–Crippen MR) is 68.3 cm³/mol. The molecule has 0 spiro atoms. The highest BCUT2D eigenvalue weighted by molar-refractivity contribution is 7.89. The Labute approximate surface area is 110 Å². The van der Waals surface area contributed by atoms with E-state index in [1.807, 2.05) is 0 Å². The SMILES string of the molecule is Cc1cc(N)cc(S(=O)(=O)NCc2ccco2)c1F. The van der Waals surface area contributed by atoms with Crippen LogP contribution in [0.15, 0.2) is 39.8 Å². The van der Waals surface area contributed by atoms with E-state index in [2.05, 4.69) is 4.72 Å². The van der Waals surface area contributed by atoms with Crippen LogP contribution in [0, 0.1) is 12.7 Å². The first-order valence-corrected chi connectivity index (χ1v) is 6.96. The largest absolute Gasteiger partial charge is 0.468 e. The van der Waals surface area contributed by atoms with Gasteiger partial charge in [-0.05, 0) is 36.8 Å². The highest BCUT2D eigenvalue weighted by Crippen LogP contribution is 2.21. The molecule has 0 aliphatic carbocycles. The van der Waals surface area contributed by atoms with E-state index in [-0.39, 0.29) is 17.8 Å². The minimum atomic E-state index is -3.98. The Bertz CT molecular complexity index is 681. The highest BCUT2D eigenvalue weighted by Gasteiger charge is 2.21. The van der Waals surface area contributed by atoms with Crippen LogP contribution in [-0.2, 0) is 16.6 Å². The zero-order chi connectivity index (χ0) is 14.0. The van der Waals surface area contributed by atoms with Crippen molar-refractivity contribution in [3.63, 3.8) is 0 Å². The standard InChI is InChI=1S/C12H13FN2O3S/c1-8-5-9(14)6-11(12(8)13)19(16,17)15-7-10-3-2-4-18-10/h2-6,15H,7,14H2,1H3. The number of anilines is 1. The molecule has 0 atom stereocenters. The fourth-order valence-corrected chi connectivity index (χ4v) is 2.79. The molecule has 0 aliphatic rings. The van der Waals surface area contributed by atoms with Crippen LogP contribution in [0.1, 0.15) is 11.3 Å². The number of hydrogen-bond donors (Lipinski definition) is 2. The van der Waals surface area contributed by atoms with Gasteiger partial charge in [-0.15, -0.1) is 0 Å². The van der Waals surface area contributed by atoms with E-state index in [4.69, 9.17) is 10.2 Å². The van der Waals surface area contributed by atoms with Crippen molar-refractivity contribution in [2.24, 2.45) is 0 Å². The molecule has 102 valence electrons. The summed E-state index contributed by atoms with van der Waals surface area (Å²) in [4.78, 5) is -0.462. The van der Waals surface area contributed by atoms with E-state index < -0.39 is 20.7 Å². The minimum absolute atomic E-state index is 0.0530. The molecule has 0 saturated heterocycles. The van der Waals surface area contributed by atoms with Crippen molar-refractivity contribution in [2.45, 2.75) is 18.4 Å². The fraction of sp³-hybridized carbons (Fsp3) is 0.167. The summed E-state index contributed by atoms with van der Waals surface area (Å²) in [5.74, 6) is -0.370. The van der Waals surface area contributed by atoms with Crippen molar-refractivity contribution in [3.05, 3.63) is 47.7 Å². The molecule has 0 aliphatic heterocycles. The molecule has 0 unspecified atom stereocenters. The van der Waals surface area contributed by atoms with Gasteiger partial charge in [-0.3, -0.25) is 0 Å². The van der Waals surface area contributed by atoms with Gasteiger partial charge in [0, 0.05) is 5.69 Å². The van der Waals surface area contributed by atoms with Crippen LogP contribution >= 0.6 is 0 Å². The van der Waals surface area contributed by atoms with Crippen molar-refractivity contribution >= 4 is 15.7 Å². The summed E-state index contributed by atoms with van der Waals surface area (Å²) in [5.41, 5.74) is 5.91. The third-order valence-corrected chi connectivity index (χ3v) is 3.95. The van der Waals surface area contributed by atoms with Crippen LogP contribution in [0.25, 0.3) is 0 Å². The third-order valence-electron chi connectivity index (χ3n) is 2.55. The van der Waals surface area contributed by atoms with E-state index in [1.165, 1.54) is 19.3 Å². The second-order valence-corrected chi connectivity index (χ2v) is 5.79. The number of sulfonamides is 1. The van der Waals surface area contributed by atoms with Gasteiger partial charge in [-0.25, -0.2) is 17.5 Å². The van der Waals surface area contributed by atoms with Crippen LogP contribution in [0.5, 0.6) is 0 Å². The highest BCUT2D eigenvalue weighted by atomic mass is 32.2. The fourth-order valence-electron chi connectivity index (χ4n) is 1.62. The van der Waals surface area contributed by atoms with Gasteiger partial charge >= 0.3 is 0 Å². The molecule has 0 amide bonds. The maximum absolute atomic E-state index is 13.8. The molecule has 19 heavy (non-hydrogen) atoms. The first-order valence-electron chi connectivity index (χ1n) is 5.48. The third kappa shape index (κ3) is 2.94. The number of nitrogens with two attached hydrogens (primary N) is 1. The van der Waals surface area contributed by atoms with E-state index >= 15 is 0 Å². The molecule has 2 aromatic rings. The average molecular weight is 284 g/mol. The number of nitrogens with one attached hydrogen (secondary N) is 1. The number of aryl methyl sites for hydroxylation is 1. The molecule has 3 N–H and O–H groups in total. The second kappa shape index (κ2) is 5.02. The Morgan fingerprint density at radius 3 is 2.79 bits per heavy atom. The Morgan fingerprint density at radius 1 is 1.42 bits per heavy atom. The van der Waals surface area contributed by atoms with Crippen molar-refractivity contribution in [1.29, 1.82) is 0 Å². The van der Waals surface area contributed by atoms with Crippen LogP contribution in [0.4, 0.5) is 10.1 Å². The lowest BCUT2D eigenvalue weighted by atomic mass is 10.2. The van der Waals surface area contributed by atoms with Gasteiger partial charge in [0.05, 0.1) is 12.8 Å². The average Bonchev–Trinajstić information content (AvgIpc) is 2.84. The molecule has 7 heteroatoms. The molecular formula is C12H13FN2O3S. The van der Waals surface area contributed by atoms with E-state index in [0.29, 0.717) is 5.76 Å². The van der Waals surface area contributed by atoms with Crippen molar-refractivity contribution in [2.75, 3.05) is 5.73 Å². The molecule has 1 aromatic carbocycles. The van der Waals surface area contributed by atoms with E-state index in [9.17, 15) is 12.8 Å². The number of nitrogen functional groups attached to an aromatic ring is 1. The summed E-state index contributed by atoms with van der Waals surface area (Å²) in [6.07, 6.45) is 1.43. The van der Waals surface area contributed by atoms with Crippen molar-refractivity contribution in [1.82, 2.24) is 4.72 Å². The summed E-state index contributed by atoms with van der Waals surface area (Å²) in [6.45, 7) is 1.40. The van der Waals surface area contributed by atoms with Crippen LogP contribution in [0.3, 0.4) is 0 Å². The zero-order valence-corrected chi connectivity index (χ0v) is 11.0. The van der Waals surface area contributed by atoms with Crippen molar-refractivity contribution in [3.8, 4) is 0 Å². The smallest absolute Gasteiger partial charge is 0.243 e. The van der Waals surface area contributed by atoms with E-state index in [0.717, 1.165) is 6.07 Å². The predicted octanol–water partition coefficient (Wildman–Crippen LogP) is 1.79. The van der Waals surface area contributed by atoms with E-state index in [1.54, 1.807) is 12.1 Å². The molecule has 2 rings (SSSR count). The van der Waals surface area contributed by atoms with Gasteiger partial charge in [0.1, 0.15) is 16.5 Å². The normalized spacial score (nSPS) is 11.7. The second-order valence-electron chi connectivity index (χ2n) is 4.05. The van der Waals surface area contributed by atoms with Gasteiger partial charge in [0.25, 0.3) is 0 Å². The summed E-state index contributed by atoms with van der Waals surface area (Å²) < 4.78 is 45.1. The molecule has 5 nitrogen and oxygen atoms in total. The lowest BCUT2D eigenvalue weighted by Gasteiger charge is -2.09.